The van der Waals surface area contributed by atoms with Crippen molar-refractivity contribution < 1.29 is 4.74 Å². The summed E-state index contributed by atoms with van der Waals surface area (Å²) < 4.78 is 4.33. The van der Waals surface area contributed by atoms with Crippen LogP contribution in [-0.2, 0) is 0 Å². The van der Waals surface area contributed by atoms with E-state index in [1.54, 1.807) is 0 Å². The van der Waals surface area contributed by atoms with Gasteiger partial charge in [0.25, 0.3) is 3.93 Å². The van der Waals surface area contributed by atoms with Crippen molar-refractivity contribution >= 4 is 49.8 Å². The number of hydrogen-bond donors (Lipinski definition) is 0. The van der Waals surface area contributed by atoms with E-state index >= 15 is 0 Å². The summed E-state index contributed by atoms with van der Waals surface area (Å²) in [5.74, 6) is 1.77. The van der Waals surface area contributed by atoms with E-state index in [1.165, 1.54) is 37.7 Å². The fourth-order valence-corrected chi connectivity index (χ4v) is 5.80. The van der Waals surface area contributed by atoms with Crippen molar-refractivity contribution in [2.24, 2.45) is 0 Å². The van der Waals surface area contributed by atoms with Gasteiger partial charge in [-0.25, -0.2) is 0 Å². The standard InChI is InChI=1S/C15H21Br3OSi/c16-20(17,18)12-4-11-19-15-9-7-14(8-10-15)13-5-2-1-3-6-13/h7-10,13H,1-6,11-12H2. The molecule has 0 heterocycles. The third-order valence-electron chi connectivity index (χ3n) is 3.83. The van der Waals surface area contributed by atoms with Crippen LogP contribution in [0.3, 0.4) is 0 Å². The molecule has 2 rings (SSSR count). The first kappa shape index (κ1) is 17.0. The molecule has 1 aromatic rings. The van der Waals surface area contributed by atoms with E-state index in [0.29, 0.717) is 0 Å². The van der Waals surface area contributed by atoms with Crippen molar-refractivity contribution in [3.63, 3.8) is 0 Å². The highest BCUT2D eigenvalue weighted by Gasteiger charge is 2.21. The summed E-state index contributed by atoms with van der Waals surface area (Å²) >= 11 is 10.9. The molecule has 1 aliphatic carbocycles. The summed E-state index contributed by atoms with van der Waals surface area (Å²) in [5, 5.41) is 0. The number of rotatable bonds is 6. The molecule has 1 nitrogen and oxygen atoms in total. The van der Waals surface area contributed by atoms with E-state index in [-0.39, 0.29) is 0 Å². The summed E-state index contributed by atoms with van der Waals surface area (Å²) in [4.78, 5) is 0. The zero-order valence-corrected chi connectivity index (χ0v) is 17.3. The molecular formula is C15H21Br3OSi. The molecule has 0 bridgehead atoms. The summed E-state index contributed by atoms with van der Waals surface area (Å²) in [5.41, 5.74) is 1.49. The smallest absolute Gasteiger partial charge is 0.267 e. The Kier molecular flexibility index (Phi) is 7.11. The molecule has 0 atom stereocenters. The van der Waals surface area contributed by atoms with E-state index in [1.807, 2.05) is 0 Å². The minimum Gasteiger partial charge on any atom is -0.494 e. The molecule has 0 saturated heterocycles. The predicted molar refractivity (Wildman–Crippen MR) is 99.7 cm³/mol. The summed E-state index contributed by atoms with van der Waals surface area (Å²) in [6.07, 6.45) is 7.96. The molecule has 1 fully saturated rings. The summed E-state index contributed by atoms with van der Waals surface area (Å²) in [6.45, 7) is 0.778. The lowest BCUT2D eigenvalue weighted by molar-refractivity contribution is 0.317. The van der Waals surface area contributed by atoms with Crippen LogP contribution in [0.2, 0.25) is 6.04 Å². The second kappa shape index (κ2) is 8.35. The second-order valence-electron chi connectivity index (χ2n) is 5.47. The van der Waals surface area contributed by atoms with Crippen LogP contribution in [0.1, 0.15) is 50.0 Å². The third-order valence-corrected chi connectivity index (χ3v) is 8.32. The fraction of sp³-hybridized carbons (Fsp3) is 0.600. The van der Waals surface area contributed by atoms with Gasteiger partial charge in [0.2, 0.25) is 0 Å². The second-order valence-corrected chi connectivity index (χ2v) is 29.0. The first-order valence-corrected chi connectivity index (χ1v) is 16.3. The molecule has 0 radical (unpaired) electrons. The molecule has 0 unspecified atom stereocenters. The highest BCUT2D eigenvalue weighted by Crippen LogP contribution is 2.34. The van der Waals surface area contributed by atoms with Crippen LogP contribution >= 0.6 is 45.9 Å². The van der Waals surface area contributed by atoms with Crippen LogP contribution in [0.25, 0.3) is 0 Å². The Labute approximate surface area is 146 Å². The lowest BCUT2D eigenvalue weighted by atomic mass is 9.84. The molecule has 0 spiro atoms. The van der Waals surface area contributed by atoms with Crippen molar-refractivity contribution in [3.8, 4) is 5.75 Å². The van der Waals surface area contributed by atoms with Gasteiger partial charge in [-0.2, -0.15) is 0 Å². The van der Waals surface area contributed by atoms with Crippen LogP contribution < -0.4 is 4.74 Å². The van der Waals surface area contributed by atoms with Crippen molar-refractivity contribution in [3.05, 3.63) is 29.8 Å². The van der Waals surface area contributed by atoms with Gasteiger partial charge in [0, 0.05) is 0 Å². The zero-order chi connectivity index (χ0) is 14.4. The molecule has 0 aromatic heterocycles. The van der Waals surface area contributed by atoms with Crippen LogP contribution in [0.4, 0.5) is 0 Å². The van der Waals surface area contributed by atoms with E-state index in [4.69, 9.17) is 4.74 Å². The maximum Gasteiger partial charge on any atom is 0.267 e. The molecule has 112 valence electrons. The normalized spacial score (nSPS) is 17.1. The molecule has 0 aliphatic heterocycles. The van der Waals surface area contributed by atoms with Gasteiger partial charge in [0.05, 0.1) is 6.61 Å². The van der Waals surface area contributed by atoms with E-state index in [0.717, 1.165) is 30.7 Å². The van der Waals surface area contributed by atoms with E-state index in [9.17, 15) is 0 Å². The van der Waals surface area contributed by atoms with Crippen LogP contribution in [0.5, 0.6) is 5.75 Å². The zero-order valence-electron chi connectivity index (χ0n) is 11.6. The van der Waals surface area contributed by atoms with Crippen molar-refractivity contribution in [2.75, 3.05) is 6.61 Å². The number of benzene rings is 1. The molecule has 0 N–H and O–H groups in total. The van der Waals surface area contributed by atoms with Gasteiger partial charge in [0.1, 0.15) is 5.75 Å². The van der Waals surface area contributed by atoms with Gasteiger partial charge in [-0.15, -0.1) is 0 Å². The molecule has 5 heteroatoms. The SMILES string of the molecule is Br[Si](Br)(Br)CCCOc1ccc(C2CCCCC2)cc1. The lowest BCUT2D eigenvalue weighted by Gasteiger charge is -2.22. The Morgan fingerprint density at radius 1 is 1.00 bits per heavy atom. The first-order chi connectivity index (χ1) is 9.54. The Bertz CT molecular complexity index is 397. The Balaban J connectivity index is 1.76. The van der Waals surface area contributed by atoms with Crippen molar-refractivity contribution in [2.45, 2.75) is 50.5 Å². The van der Waals surface area contributed by atoms with Crippen LogP contribution in [0, 0.1) is 0 Å². The first-order valence-electron chi connectivity index (χ1n) is 7.34. The highest BCUT2D eigenvalue weighted by molar-refractivity contribution is 9.72. The largest absolute Gasteiger partial charge is 0.494 e. The molecular weight excluding hydrogens is 464 g/mol. The maximum absolute atomic E-state index is 5.80. The van der Waals surface area contributed by atoms with Crippen LogP contribution in [-0.4, -0.2) is 10.5 Å². The average molecular weight is 485 g/mol. The van der Waals surface area contributed by atoms with Gasteiger partial charge in [-0.3, -0.25) is 0 Å². The van der Waals surface area contributed by atoms with Gasteiger partial charge >= 0.3 is 0 Å². The van der Waals surface area contributed by atoms with Gasteiger partial charge < -0.3 is 4.74 Å². The lowest BCUT2D eigenvalue weighted by Crippen LogP contribution is -2.08. The Morgan fingerprint density at radius 3 is 2.25 bits per heavy atom. The predicted octanol–water partition coefficient (Wildman–Crippen LogP) is 6.63. The third kappa shape index (κ3) is 6.20. The van der Waals surface area contributed by atoms with E-state index < -0.39 is 3.93 Å². The van der Waals surface area contributed by atoms with Gasteiger partial charge in [0.15, 0.2) is 0 Å². The Hall–Kier alpha value is 0.677. The molecule has 1 aliphatic rings. The van der Waals surface area contributed by atoms with Crippen LogP contribution in [0.15, 0.2) is 24.3 Å². The average Bonchev–Trinajstić information content (AvgIpc) is 2.44. The monoisotopic (exact) mass is 482 g/mol. The van der Waals surface area contributed by atoms with Gasteiger partial charge in [-0.1, -0.05) is 77.3 Å². The highest BCUT2D eigenvalue weighted by atomic mass is 80.0. The molecule has 20 heavy (non-hydrogen) atoms. The number of halogens is 3. The number of ether oxygens (including phenoxy) is 1. The summed E-state index contributed by atoms with van der Waals surface area (Å²) in [6, 6.07) is 9.87. The minimum atomic E-state index is -1.47. The van der Waals surface area contributed by atoms with Crippen molar-refractivity contribution in [1.29, 1.82) is 0 Å². The molecule has 0 amide bonds. The Morgan fingerprint density at radius 2 is 1.65 bits per heavy atom. The fourth-order valence-electron chi connectivity index (χ4n) is 2.73. The quantitative estimate of drug-likeness (QED) is 0.250. The van der Waals surface area contributed by atoms with Gasteiger partial charge in [-0.05, 0) is 48.9 Å². The maximum atomic E-state index is 5.80. The number of hydrogen-bond acceptors (Lipinski definition) is 1. The van der Waals surface area contributed by atoms with Crippen molar-refractivity contribution in [1.82, 2.24) is 0 Å². The van der Waals surface area contributed by atoms with E-state index in [2.05, 4.69) is 70.1 Å². The topological polar surface area (TPSA) is 9.23 Å². The summed E-state index contributed by atoms with van der Waals surface area (Å²) in [7, 11) is 0. The minimum absolute atomic E-state index is 0.777. The molecule has 1 saturated carbocycles. The molecule has 1 aromatic carbocycles.